The standard InChI is InChI=1S/C24H21N5O5S/c1-2-33-24(32)21-16-8-5-9-17(16)35-23(21)26-19(30)13-34-20(31)11-10-18-27-28-22-15-7-4-3-6-14(15)12-25-29(18)22/h3-4,6-7,10-12H,2,5,8-9,13H2,1H3,(H,26,30). The number of carbonyl (C=O) groups excluding carboxylic acids is 3. The van der Waals surface area contributed by atoms with E-state index in [0.29, 0.717) is 22.0 Å². The van der Waals surface area contributed by atoms with Gasteiger partial charge in [0.2, 0.25) is 0 Å². The van der Waals surface area contributed by atoms with Crippen LogP contribution in [-0.2, 0) is 31.9 Å². The summed E-state index contributed by atoms with van der Waals surface area (Å²) in [5.41, 5.74) is 1.91. The van der Waals surface area contributed by atoms with E-state index in [1.165, 1.54) is 21.9 Å². The molecule has 1 aromatic carbocycles. The van der Waals surface area contributed by atoms with Gasteiger partial charge in [-0.2, -0.15) is 9.61 Å². The van der Waals surface area contributed by atoms with Gasteiger partial charge in [-0.15, -0.1) is 21.5 Å². The zero-order chi connectivity index (χ0) is 24.4. The summed E-state index contributed by atoms with van der Waals surface area (Å²) in [6.45, 7) is 1.47. The Bertz CT molecular complexity index is 1490. The smallest absolute Gasteiger partial charge is 0.341 e. The highest BCUT2D eigenvalue weighted by molar-refractivity contribution is 7.17. The van der Waals surface area contributed by atoms with Crippen LogP contribution in [0.15, 0.2) is 36.5 Å². The molecule has 0 aliphatic heterocycles. The van der Waals surface area contributed by atoms with Crippen LogP contribution >= 0.6 is 11.3 Å². The Hall–Kier alpha value is -4.12. The summed E-state index contributed by atoms with van der Waals surface area (Å²) >= 11 is 1.36. The number of nitrogens with zero attached hydrogens (tertiary/aromatic N) is 4. The maximum absolute atomic E-state index is 12.4. The maximum atomic E-state index is 12.4. The highest BCUT2D eigenvalue weighted by atomic mass is 32.1. The lowest BCUT2D eigenvalue weighted by Gasteiger charge is -2.08. The number of hydrogen-bond donors (Lipinski definition) is 1. The first-order valence-electron chi connectivity index (χ1n) is 11.1. The van der Waals surface area contributed by atoms with Gasteiger partial charge in [0.1, 0.15) is 5.00 Å². The summed E-state index contributed by atoms with van der Waals surface area (Å²) in [7, 11) is 0. The molecule has 0 bridgehead atoms. The lowest BCUT2D eigenvalue weighted by molar-refractivity contribution is -0.142. The molecule has 0 saturated carbocycles. The molecule has 0 radical (unpaired) electrons. The fraction of sp³-hybridized carbons (Fsp3) is 0.250. The molecule has 0 unspecified atom stereocenters. The molecule has 5 rings (SSSR count). The van der Waals surface area contributed by atoms with Crippen molar-refractivity contribution in [3.05, 3.63) is 58.4 Å². The number of rotatable bonds is 7. The van der Waals surface area contributed by atoms with Crippen LogP contribution in [0.3, 0.4) is 0 Å². The van der Waals surface area contributed by atoms with E-state index in [-0.39, 0.29) is 6.61 Å². The van der Waals surface area contributed by atoms with E-state index in [9.17, 15) is 14.4 Å². The number of fused-ring (bicyclic) bond motifs is 4. The lowest BCUT2D eigenvalue weighted by atomic mass is 10.1. The predicted octanol–water partition coefficient (Wildman–Crippen LogP) is 3.20. The summed E-state index contributed by atoms with van der Waals surface area (Å²) in [6.07, 6.45) is 6.88. The third kappa shape index (κ3) is 4.50. The quantitative estimate of drug-likeness (QED) is 0.309. The second-order valence-electron chi connectivity index (χ2n) is 7.80. The first-order chi connectivity index (χ1) is 17.0. The van der Waals surface area contributed by atoms with E-state index in [4.69, 9.17) is 9.47 Å². The molecule has 1 amide bonds. The van der Waals surface area contributed by atoms with Gasteiger partial charge in [0.25, 0.3) is 5.91 Å². The van der Waals surface area contributed by atoms with E-state index in [1.807, 2.05) is 24.3 Å². The van der Waals surface area contributed by atoms with Crippen LogP contribution in [-0.4, -0.2) is 50.9 Å². The van der Waals surface area contributed by atoms with Gasteiger partial charge in [-0.3, -0.25) is 4.79 Å². The normalized spacial score (nSPS) is 12.8. The first kappa shape index (κ1) is 22.7. The first-order valence-corrected chi connectivity index (χ1v) is 11.9. The third-order valence-electron chi connectivity index (χ3n) is 5.55. The van der Waals surface area contributed by atoms with Gasteiger partial charge in [-0.1, -0.05) is 24.3 Å². The van der Waals surface area contributed by atoms with E-state index in [2.05, 4.69) is 20.6 Å². The van der Waals surface area contributed by atoms with Crippen LogP contribution in [0, 0.1) is 0 Å². The molecule has 0 atom stereocenters. The highest BCUT2D eigenvalue weighted by Gasteiger charge is 2.28. The van der Waals surface area contributed by atoms with Crippen LogP contribution in [0.5, 0.6) is 0 Å². The van der Waals surface area contributed by atoms with Crippen molar-refractivity contribution < 1.29 is 23.9 Å². The van der Waals surface area contributed by atoms with Crippen LogP contribution in [0.25, 0.3) is 22.5 Å². The molecular weight excluding hydrogens is 470 g/mol. The minimum absolute atomic E-state index is 0.244. The molecule has 1 aliphatic carbocycles. The number of aryl methyl sites for hydroxylation is 1. The fourth-order valence-corrected chi connectivity index (χ4v) is 5.31. The SMILES string of the molecule is CCOC(=O)c1c(NC(=O)COC(=O)C=Cc2nnc3c4ccccc4cnn23)sc2c1CCC2. The molecule has 11 heteroatoms. The monoisotopic (exact) mass is 491 g/mol. The number of thiophene rings is 1. The predicted molar refractivity (Wildman–Crippen MR) is 129 cm³/mol. The van der Waals surface area contributed by atoms with Crippen molar-refractivity contribution in [2.24, 2.45) is 0 Å². The zero-order valence-corrected chi connectivity index (χ0v) is 19.6. The van der Waals surface area contributed by atoms with Gasteiger partial charge in [0.05, 0.1) is 18.4 Å². The Morgan fingerprint density at radius 2 is 2.03 bits per heavy atom. The fourth-order valence-electron chi connectivity index (χ4n) is 4.01. The van der Waals surface area contributed by atoms with E-state index in [0.717, 1.165) is 46.6 Å². The molecular formula is C24H21N5O5S. The summed E-state index contributed by atoms with van der Waals surface area (Å²) in [5, 5.41) is 17.5. The molecule has 1 aliphatic rings. The molecule has 10 nitrogen and oxygen atoms in total. The van der Waals surface area contributed by atoms with E-state index in [1.54, 1.807) is 13.1 Å². The highest BCUT2D eigenvalue weighted by Crippen LogP contribution is 2.39. The third-order valence-corrected chi connectivity index (χ3v) is 6.75. The number of nitrogens with one attached hydrogen (secondary N) is 1. The summed E-state index contributed by atoms with van der Waals surface area (Å²) in [5.74, 6) is -1.38. The van der Waals surface area contributed by atoms with Crippen molar-refractivity contribution in [1.29, 1.82) is 0 Å². The largest absolute Gasteiger partial charge is 0.462 e. The van der Waals surface area contributed by atoms with Crippen LogP contribution < -0.4 is 5.32 Å². The number of carbonyl (C=O) groups is 3. The minimum atomic E-state index is -0.725. The van der Waals surface area contributed by atoms with Crippen molar-refractivity contribution in [3.8, 4) is 0 Å². The molecule has 35 heavy (non-hydrogen) atoms. The van der Waals surface area contributed by atoms with E-state index < -0.39 is 24.5 Å². The van der Waals surface area contributed by atoms with Gasteiger partial charge < -0.3 is 14.8 Å². The van der Waals surface area contributed by atoms with Gasteiger partial charge >= 0.3 is 11.9 Å². The maximum Gasteiger partial charge on any atom is 0.341 e. The van der Waals surface area contributed by atoms with Gasteiger partial charge in [0.15, 0.2) is 18.1 Å². The van der Waals surface area contributed by atoms with Crippen molar-refractivity contribution >= 4 is 56.7 Å². The van der Waals surface area contributed by atoms with Crippen LogP contribution in [0.2, 0.25) is 0 Å². The summed E-state index contributed by atoms with van der Waals surface area (Å²) < 4.78 is 11.7. The van der Waals surface area contributed by atoms with Crippen molar-refractivity contribution in [2.45, 2.75) is 26.2 Å². The summed E-state index contributed by atoms with van der Waals surface area (Å²) in [4.78, 5) is 38.1. The van der Waals surface area contributed by atoms with Crippen LogP contribution in [0.1, 0.15) is 40.0 Å². The molecule has 1 N–H and O–H groups in total. The zero-order valence-electron chi connectivity index (χ0n) is 18.8. The Morgan fingerprint density at radius 3 is 2.89 bits per heavy atom. The Morgan fingerprint density at radius 1 is 1.17 bits per heavy atom. The number of benzene rings is 1. The van der Waals surface area contributed by atoms with Crippen molar-refractivity contribution in [3.63, 3.8) is 0 Å². The number of anilines is 1. The van der Waals surface area contributed by atoms with Crippen molar-refractivity contribution in [1.82, 2.24) is 19.8 Å². The molecule has 3 heterocycles. The molecule has 0 fully saturated rings. The van der Waals surface area contributed by atoms with Gasteiger partial charge in [-0.25, -0.2) is 9.59 Å². The number of esters is 2. The van der Waals surface area contributed by atoms with Crippen molar-refractivity contribution in [2.75, 3.05) is 18.5 Å². The van der Waals surface area contributed by atoms with Crippen LogP contribution in [0.4, 0.5) is 5.00 Å². The Balaban J connectivity index is 1.23. The van der Waals surface area contributed by atoms with Gasteiger partial charge in [-0.05, 0) is 37.8 Å². The molecule has 0 spiro atoms. The molecule has 0 saturated heterocycles. The average molecular weight is 492 g/mol. The molecule has 4 aromatic rings. The number of hydrogen-bond acceptors (Lipinski definition) is 9. The van der Waals surface area contributed by atoms with Gasteiger partial charge in [0, 0.05) is 21.7 Å². The molecule has 178 valence electrons. The second kappa shape index (κ2) is 9.63. The lowest BCUT2D eigenvalue weighted by Crippen LogP contribution is -2.21. The number of ether oxygens (including phenoxy) is 2. The minimum Gasteiger partial charge on any atom is -0.462 e. The second-order valence-corrected chi connectivity index (χ2v) is 8.90. The van der Waals surface area contributed by atoms with E-state index >= 15 is 0 Å². The number of amides is 1. The average Bonchev–Trinajstić information content (AvgIpc) is 3.56. The Kier molecular flexibility index (Phi) is 6.23. The molecule has 3 aromatic heterocycles. The number of aromatic nitrogens is 4. The topological polar surface area (TPSA) is 125 Å². The Labute approximate surface area is 203 Å². The summed E-state index contributed by atoms with van der Waals surface area (Å²) in [6, 6.07) is 7.65.